The van der Waals surface area contributed by atoms with E-state index in [9.17, 15) is 9.59 Å². The molecule has 0 radical (unpaired) electrons. The topological polar surface area (TPSA) is 63.6 Å². The summed E-state index contributed by atoms with van der Waals surface area (Å²) in [6.45, 7) is 1.27. The zero-order chi connectivity index (χ0) is 14.5. The average Bonchev–Trinajstić information content (AvgIpc) is 2.41. The number of carbonyl (C=O) groups excluding carboxylic acids is 1. The Bertz CT molecular complexity index is 588. The molecule has 20 heavy (non-hydrogen) atoms. The number of benzene rings is 2. The zero-order valence-electron chi connectivity index (χ0n) is 10.9. The minimum Gasteiger partial charge on any atom is -0.480 e. The van der Waals surface area contributed by atoms with Crippen LogP contribution < -0.4 is 4.74 Å². The molecule has 1 atom stereocenters. The Morgan fingerprint density at radius 3 is 2.00 bits per heavy atom. The van der Waals surface area contributed by atoms with Crippen molar-refractivity contribution in [1.29, 1.82) is 0 Å². The van der Waals surface area contributed by atoms with Gasteiger partial charge in [0, 0.05) is 0 Å². The number of Topliss-reactive ketones (excluding diaryl/α,β-unsaturated/α-hetero) is 1. The van der Waals surface area contributed by atoms with Gasteiger partial charge in [0.15, 0.2) is 0 Å². The molecular formula is C16H14O4. The maximum atomic E-state index is 11.3. The molecule has 102 valence electrons. The van der Waals surface area contributed by atoms with Crippen LogP contribution in [0.25, 0.3) is 0 Å². The number of ether oxygens (including phenoxy) is 1. The molecule has 0 aliphatic carbocycles. The molecule has 0 spiro atoms. The SMILES string of the molecule is CC(=O)C(C(=O)O)c1ccc(Oc2ccccc2)cc1. The van der Waals surface area contributed by atoms with Crippen LogP contribution in [0.4, 0.5) is 0 Å². The number of para-hydroxylation sites is 1. The van der Waals surface area contributed by atoms with Gasteiger partial charge in [0.2, 0.25) is 0 Å². The first-order chi connectivity index (χ1) is 9.58. The van der Waals surface area contributed by atoms with Crippen LogP contribution in [0.3, 0.4) is 0 Å². The van der Waals surface area contributed by atoms with Crippen molar-refractivity contribution in [3.8, 4) is 11.5 Å². The summed E-state index contributed by atoms with van der Waals surface area (Å²) >= 11 is 0. The number of ketones is 1. The fourth-order valence-electron chi connectivity index (χ4n) is 1.90. The highest BCUT2D eigenvalue weighted by atomic mass is 16.5. The van der Waals surface area contributed by atoms with E-state index in [0.717, 1.165) is 0 Å². The Balaban J connectivity index is 2.18. The second kappa shape index (κ2) is 6.02. The fraction of sp³-hybridized carbons (Fsp3) is 0.125. The van der Waals surface area contributed by atoms with Crippen molar-refractivity contribution < 1.29 is 19.4 Å². The first-order valence-corrected chi connectivity index (χ1v) is 6.14. The average molecular weight is 270 g/mol. The highest BCUT2D eigenvalue weighted by molar-refractivity contribution is 6.02. The number of hydrogen-bond acceptors (Lipinski definition) is 3. The van der Waals surface area contributed by atoms with Gasteiger partial charge in [-0.1, -0.05) is 30.3 Å². The van der Waals surface area contributed by atoms with E-state index >= 15 is 0 Å². The van der Waals surface area contributed by atoms with Gasteiger partial charge in [-0.15, -0.1) is 0 Å². The fourth-order valence-corrected chi connectivity index (χ4v) is 1.90. The summed E-state index contributed by atoms with van der Waals surface area (Å²) in [7, 11) is 0. The van der Waals surface area contributed by atoms with E-state index in [2.05, 4.69) is 0 Å². The number of carbonyl (C=O) groups is 2. The third-order valence-corrected chi connectivity index (χ3v) is 2.85. The second-order valence-corrected chi connectivity index (χ2v) is 4.37. The van der Waals surface area contributed by atoms with Crippen LogP contribution in [0.2, 0.25) is 0 Å². The van der Waals surface area contributed by atoms with Crippen LogP contribution in [-0.2, 0) is 9.59 Å². The Morgan fingerprint density at radius 2 is 1.50 bits per heavy atom. The van der Waals surface area contributed by atoms with Crippen LogP contribution in [-0.4, -0.2) is 16.9 Å². The van der Waals surface area contributed by atoms with Gasteiger partial charge in [-0.05, 0) is 36.8 Å². The third-order valence-electron chi connectivity index (χ3n) is 2.85. The van der Waals surface area contributed by atoms with Crippen molar-refractivity contribution in [2.75, 3.05) is 0 Å². The highest BCUT2D eigenvalue weighted by Crippen LogP contribution is 2.24. The lowest BCUT2D eigenvalue weighted by molar-refractivity contribution is -0.142. The highest BCUT2D eigenvalue weighted by Gasteiger charge is 2.24. The number of aliphatic carboxylic acids is 1. The predicted molar refractivity (Wildman–Crippen MR) is 74.0 cm³/mol. The van der Waals surface area contributed by atoms with Crippen molar-refractivity contribution in [2.45, 2.75) is 12.8 Å². The van der Waals surface area contributed by atoms with Crippen LogP contribution in [0, 0.1) is 0 Å². The second-order valence-electron chi connectivity index (χ2n) is 4.37. The van der Waals surface area contributed by atoms with Crippen LogP contribution in [0.15, 0.2) is 54.6 Å². The molecule has 4 heteroatoms. The van der Waals surface area contributed by atoms with Gasteiger partial charge in [0.1, 0.15) is 23.2 Å². The molecule has 0 aliphatic heterocycles. The van der Waals surface area contributed by atoms with E-state index in [4.69, 9.17) is 9.84 Å². The molecule has 0 amide bonds. The Hall–Kier alpha value is -2.62. The van der Waals surface area contributed by atoms with Crippen LogP contribution >= 0.6 is 0 Å². The summed E-state index contributed by atoms with van der Waals surface area (Å²) in [5.41, 5.74) is 0.449. The monoisotopic (exact) mass is 270 g/mol. The van der Waals surface area contributed by atoms with E-state index in [0.29, 0.717) is 17.1 Å². The number of rotatable bonds is 5. The molecule has 0 saturated heterocycles. The smallest absolute Gasteiger partial charge is 0.318 e. The molecular weight excluding hydrogens is 256 g/mol. The molecule has 0 aromatic heterocycles. The van der Waals surface area contributed by atoms with Gasteiger partial charge in [0.05, 0.1) is 0 Å². The standard InChI is InChI=1S/C16H14O4/c1-11(17)15(16(18)19)12-7-9-14(10-8-12)20-13-5-3-2-4-6-13/h2-10,15H,1H3,(H,18,19). The van der Waals surface area contributed by atoms with Gasteiger partial charge in [-0.2, -0.15) is 0 Å². The number of carboxylic acid groups (broad SMARTS) is 1. The number of hydrogen-bond donors (Lipinski definition) is 1. The lowest BCUT2D eigenvalue weighted by atomic mass is 9.96. The molecule has 1 unspecified atom stereocenters. The van der Waals surface area contributed by atoms with Gasteiger partial charge in [-0.3, -0.25) is 9.59 Å². The van der Waals surface area contributed by atoms with E-state index in [1.54, 1.807) is 24.3 Å². The van der Waals surface area contributed by atoms with E-state index in [1.165, 1.54) is 6.92 Å². The number of carboxylic acids is 1. The van der Waals surface area contributed by atoms with Crippen molar-refractivity contribution in [2.24, 2.45) is 0 Å². The largest absolute Gasteiger partial charge is 0.480 e. The molecule has 0 aliphatic rings. The van der Waals surface area contributed by atoms with Crippen molar-refractivity contribution in [3.05, 3.63) is 60.2 Å². The minimum absolute atomic E-state index is 0.394. The van der Waals surface area contributed by atoms with E-state index in [1.807, 2.05) is 30.3 Å². The summed E-state index contributed by atoms with van der Waals surface area (Å²) in [4.78, 5) is 22.4. The van der Waals surface area contributed by atoms with Crippen LogP contribution in [0.1, 0.15) is 18.4 Å². The normalized spacial score (nSPS) is 11.7. The van der Waals surface area contributed by atoms with Crippen LogP contribution in [0.5, 0.6) is 11.5 Å². The summed E-state index contributed by atoms with van der Waals surface area (Å²) in [5, 5.41) is 9.05. The molecule has 1 N–H and O–H groups in total. The Morgan fingerprint density at radius 1 is 0.950 bits per heavy atom. The summed E-state index contributed by atoms with van der Waals surface area (Å²) in [6.07, 6.45) is 0. The van der Waals surface area contributed by atoms with Gasteiger partial charge in [-0.25, -0.2) is 0 Å². The zero-order valence-corrected chi connectivity index (χ0v) is 10.9. The Kier molecular flexibility index (Phi) is 4.15. The van der Waals surface area contributed by atoms with Gasteiger partial charge >= 0.3 is 5.97 Å². The Labute approximate surface area is 116 Å². The van der Waals surface area contributed by atoms with Gasteiger partial charge < -0.3 is 9.84 Å². The third kappa shape index (κ3) is 3.23. The first-order valence-electron chi connectivity index (χ1n) is 6.14. The summed E-state index contributed by atoms with van der Waals surface area (Å²) < 4.78 is 5.60. The van der Waals surface area contributed by atoms with Gasteiger partial charge in [0.25, 0.3) is 0 Å². The molecule has 2 rings (SSSR count). The first kappa shape index (κ1) is 13.8. The molecule has 0 bridgehead atoms. The van der Waals surface area contributed by atoms with Crippen molar-refractivity contribution in [3.63, 3.8) is 0 Å². The van der Waals surface area contributed by atoms with Crippen molar-refractivity contribution >= 4 is 11.8 Å². The summed E-state index contributed by atoms with van der Waals surface area (Å²) in [5.74, 6) is -1.38. The predicted octanol–water partition coefficient (Wildman–Crippen LogP) is 3.24. The van der Waals surface area contributed by atoms with E-state index < -0.39 is 17.7 Å². The molecule has 2 aromatic carbocycles. The summed E-state index contributed by atoms with van der Waals surface area (Å²) in [6, 6.07) is 15.8. The van der Waals surface area contributed by atoms with Crippen molar-refractivity contribution in [1.82, 2.24) is 0 Å². The maximum absolute atomic E-state index is 11.3. The quantitative estimate of drug-likeness (QED) is 0.847. The molecule has 0 fully saturated rings. The lowest BCUT2D eigenvalue weighted by Gasteiger charge is -2.10. The minimum atomic E-state index is -1.14. The maximum Gasteiger partial charge on any atom is 0.318 e. The molecule has 0 heterocycles. The van der Waals surface area contributed by atoms with E-state index in [-0.39, 0.29) is 0 Å². The molecule has 0 saturated carbocycles. The lowest BCUT2D eigenvalue weighted by Crippen LogP contribution is -2.18. The molecule has 4 nitrogen and oxygen atoms in total. The molecule has 2 aromatic rings.